The summed E-state index contributed by atoms with van der Waals surface area (Å²) in [6.07, 6.45) is 3.31. The maximum Gasteiger partial charge on any atom is 0.253 e. The van der Waals surface area contributed by atoms with Crippen molar-refractivity contribution in [2.75, 3.05) is 12.4 Å². The van der Waals surface area contributed by atoms with Crippen LogP contribution < -0.4 is 15.4 Å². The van der Waals surface area contributed by atoms with Crippen molar-refractivity contribution < 1.29 is 9.53 Å². The number of anilines is 2. The third-order valence-electron chi connectivity index (χ3n) is 4.55. The number of ether oxygens (including phenoxy) is 1. The molecule has 2 N–H and O–H groups in total. The van der Waals surface area contributed by atoms with E-state index in [0.29, 0.717) is 17.9 Å². The van der Waals surface area contributed by atoms with Crippen LogP contribution in [0.2, 0.25) is 0 Å². The van der Waals surface area contributed by atoms with Crippen molar-refractivity contribution in [1.82, 2.24) is 15.3 Å². The van der Waals surface area contributed by atoms with Gasteiger partial charge in [0.25, 0.3) is 5.91 Å². The van der Waals surface area contributed by atoms with Crippen molar-refractivity contribution in [3.8, 4) is 5.75 Å². The van der Waals surface area contributed by atoms with Crippen LogP contribution in [0.3, 0.4) is 0 Å². The van der Waals surface area contributed by atoms with Crippen molar-refractivity contribution in [1.29, 1.82) is 0 Å². The van der Waals surface area contributed by atoms with Crippen LogP contribution in [0.1, 0.15) is 15.9 Å². The highest BCUT2D eigenvalue weighted by Crippen LogP contribution is 2.23. The minimum absolute atomic E-state index is 0.193. The van der Waals surface area contributed by atoms with Crippen molar-refractivity contribution in [2.24, 2.45) is 0 Å². The van der Waals surface area contributed by atoms with E-state index >= 15 is 0 Å². The molecular weight excluding hydrogens is 364 g/mol. The number of rotatable bonds is 6. The fourth-order valence-corrected chi connectivity index (χ4v) is 3.07. The summed E-state index contributed by atoms with van der Waals surface area (Å²) < 4.78 is 5.31. The Morgan fingerprint density at radius 1 is 0.966 bits per heavy atom. The molecule has 144 valence electrons. The molecule has 0 radical (unpaired) electrons. The van der Waals surface area contributed by atoms with E-state index in [0.717, 1.165) is 27.9 Å². The van der Waals surface area contributed by atoms with Crippen molar-refractivity contribution >= 4 is 28.3 Å². The molecule has 0 saturated carbocycles. The highest BCUT2D eigenvalue weighted by Gasteiger charge is 2.09. The molecular formula is C23H20N4O2. The van der Waals surface area contributed by atoms with E-state index in [4.69, 9.17) is 4.74 Å². The van der Waals surface area contributed by atoms with Gasteiger partial charge < -0.3 is 15.4 Å². The van der Waals surface area contributed by atoms with Gasteiger partial charge in [-0.05, 0) is 30.3 Å². The lowest BCUT2D eigenvalue weighted by atomic mass is 10.2. The van der Waals surface area contributed by atoms with Gasteiger partial charge in [0, 0.05) is 29.9 Å². The number of benzene rings is 2. The first-order chi connectivity index (χ1) is 14.2. The van der Waals surface area contributed by atoms with Crippen molar-refractivity contribution in [3.63, 3.8) is 0 Å². The number of nitrogens with one attached hydrogen (secondary N) is 2. The number of nitrogens with zero attached hydrogens (tertiary/aromatic N) is 2. The van der Waals surface area contributed by atoms with Gasteiger partial charge in [-0.15, -0.1) is 0 Å². The van der Waals surface area contributed by atoms with Gasteiger partial charge in [-0.2, -0.15) is 0 Å². The lowest BCUT2D eigenvalue weighted by Crippen LogP contribution is -2.23. The van der Waals surface area contributed by atoms with Crippen LogP contribution in [-0.4, -0.2) is 23.0 Å². The lowest BCUT2D eigenvalue weighted by molar-refractivity contribution is 0.0950. The van der Waals surface area contributed by atoms with E-state index < -0.39 is 0 Å². The molecule has 0 aliphatic carbocycles. The molecule has 6 heteroatoms. The Balaban J connectivity index is 1.44. The summed E-state index contributed by atoms with van der Waals surface area (Å²) in [5, 5.41) is 7.20. The number of pyridine rings is 2. The van der Waals surface area contributed by atoms with Crippen molar-refractivity contribution in [3.05, 3.63) is 90.3 Å². The van der Waals surface area contributed by atoms with E-state index in [1.54, 1.807) is 31.6 Å². The number of para-hydroxylation sites is 2. The minimum atomic E-state index is -0.193. The number of fused-ring (bicyclic) bond motifs is 1. The van der Waals surface area contributed by atoms with E-state index in [1.165, 1.54) is 0 Å². The highest BCUT2D eigenvalue weighted by atomic mass is 16.5. The van der Waals surface area contributed by atoms with Gasteiger partial charge in [0.05, 0.1) is 23.9 Å². The number of amides is 1. The molecule has 0 spiro atoms. The molecule has 4 aromatic rings. The number of hydrogen-bond donors (Lipinski definition) is 2. The van der Waals surface area contributed by atoms with E-state index in [-0.39, 0.29) is 5.91 Å². The zero-order valence-electron chi connectivity index (χ0n) is 15.9. The fourth-order valence-electron chi connectivity index (χ4n) is 3.07. The Kier molecular flexibility index (Phi) is 5.33. The number of carbonyl (C=O) groups excluding carboxylic acids is 1. The fraction of sp³-hybridized carbons (Fsp3) is 0.0870. The number of methoxy groups -OCH3 is 1. The monoisotopic (exact) mass is 384 g/mol. The van der Waals surface area contributed by atoms with Crippen LogP contribution in [-0.2, 0) is 6.54 Å². The van der Waals surface area contributed by atoms with Crippen molar-refractivity contribution in [2.45, 2.75) is 6.54 Å². The van der Waals surface area contributed by atoms with Gasteiger partial charge in [0.2, 0.25) is 0 Å². The summed E-state index contributed by atoms with van der Waals surface area (Å²) in [5.74, 6) is 1.19. The molecule has 0 atom stereocenters. The van der Waals surface area contributed by atoms with Gasteiger partial charge in [0.15, 0.2) is 0 Å². The Morgan fingerprint density at radius 2 is 1.83 bits per heavy atom. The van der Waals surface area contributed by atoms with Gasteiger partial charge in [-0.25, -0.2) is 4.98 Å². The maximum atomic E-state index is 12.4. The SMILES string of the molecule is COc1ccccc1CNC(=O)c1ccc(Nc2cccc3cccnc23)nc1. The Labute approximate surface area is 168 Å². The van der Waals surface area contributed by atoms with Crippen LogP contribution in [0.5, 0.6) is 5.75 Å². The molecule has 2 aromatic heterocycles. The molecule has 6 nitrogen and oxygen atoms in total. The second-order valence-corrected chi connectivity index (χ2v) is 6.43. The van der Waals surface area contributed by atoms with E-state index in [1.807, 2.05) is 54.6 Å². The van der Waals surface area contributed by atoms with Crippen LogP contribution in [0.25, 0.3) is 10.9 Å². The summed E-state index contributed by atoms with van der Waals surface area (Å²) in [4.78, 5) is 21.2. The first kappa shape index (κ1) is 18.4. The van der Waals surface area contributed by atoms with E-state index in [2.05, 4.69) is 20.6 Å². The number of hydrogen-bond acceptors (Lipinski definition) is 5. The summed E-state index contributed by atoms with van der Waals surface area (Å²) in [6.45, 7) is 0.379. The Morgan fingerprint density at radius 3 is 2.66 bits per heavy atom. The first-order valence-electron chi connectivity index (χ1n) is 9.21. The van der Waals surface area contributed by atoms with E-state index in [9.17, 15) is 4.79 Å². The molecule has 1 amide bonds. The average Bonchev–Trinajstić information content (AvgIpc) is 2.78. The zero-order valence-corrected chi connectivity index (χ0v) is 15.9. The second kappa shape index (κ2) is 8.39. The third-order valence-corrected chi connectivity index (χ3v) is 4.55. The summed E-state index contributed by atoms with van der Waals surface area (Å²) in [7, 11) is 1.61. The van der Waals surface area contributed by atoms with Crippen LogP contribution >= 0.6 is 0 Å². The van der Waals surface area contributed by atoms with Crippen LogP contribution in [0.15, 0.2) is 79.1 Å². The normalized spacial score (nSPS) is 10.5. The molecule has 0 saturated heterocycles. The lowest BCUT2D eigenvalue weighted by Gasteiger charge is -2.10. The predicted octanol–water partition coefficient (Wildman–Crippen LogP) is 4.31. The largest absolute Gasteiger partial charge is 0.496 e. The van der Waals surface area contributed by atoms with Crippen LogP contribution in [0.4, 0.5) is 11.5 Å². The topological polar surface area (TPSA) is 76.1 Å². The van der Waals surface area contributed by atoms with Gasteiger partial charge in [-0.3, -0.25) is 9.78 Å². The summed E-state index contributed by atoms with van der Waals surface area (Å²) in [5.41, 5.74) is 3.14. The third kappa shape index (κ3) is 4.16. The molecule has 2 heterocycles. The minimum Gasteiger partial charge on any atom is -0.496 e. The Hall–Kier alpha value is -3.93. The molecule has 2 aromatic carbocycles. The molecule has 0 fully saturated rings. The molecule has 0 bridgehead atoms. The standard InChI is InChI=1S/C23H20N4O2/c1-29-20-10-3-2-6-17(20)14-26-23(28)18-11-12-21(25-15-18)27-19-9-4-7-16-8-5-13-24-22(16)19/h2-13,15H,14H2,1H3,(H,25,27)(H,26,28). The quantitative estimate of drug-likeness (QED) is 0.518. The first-order valence-corrected chi connectivity index (χ1v) is 9.21. The van der Waals surface area contributed by atoms with Crippen LogP contribution in [0, 0.1) is 0 Å². The zero-order chi connectivity index (χ0) is 20.1. The van der Waals surface area contributed by atoms with Gasteiger partial charge in [0.1, 0.15) is 11.6 Å². The summed E-state index contributed by atoms with van der Waals surface area (Å²) >= 11 is 0. The molecule has 0 aliphatic rings. The highest BCUT2D eigenvalue weighted by molar-refractivity contribution is 5.94. The molecule has 4 rings (SSSR count). The molecule has 0 aliphatic heterocycles. The number of carbonyl (C=O) groups is 1. The summed E-state index contributed by atoms with van der Waals surface area (Å²) in [6, 6.07) is 20.9. The van der Waals surface area contributed by atoms with Gasteiger partial charge >= 0.3 is 0 Å². The smallest absolute Gasteiger partial charge is 0.253 e. The predicted molar refractivity (Wildman–Crippen MR) is 113 cm³/mol. The Bertz CT molecular complexity index is 1140. The second-order valence-electron chi connectivity index (χ2n) is 6.43. The molecule has 0 unspecified atom stereocenters. The number of aromatic nitrogens is 2. The average molecular weight is 384 g/mol. The van der Waals surface area contributed by atoms with Gasteiger partial charge in [-0.1, -0.05) is 36.4 Å². The molecule has 29 heavy (non-hydrogen) atoms. The maximum absolute atomic E-state index is 12.4.